The smallest absolute Gasteiger partial charge is 0.322 e. The molecule has 3 aliphatic heterocycles. The predicted molar refractivity (Wildman–Crippen MR) is 98.7 cm³/mol. The first-order chi connectivity index (χ1) is 13.0. The van der Waals surface area contributed by atoms with Crippen molar-refractivity contribution >= 4 is 23.9 Å². The lowest BCUT2D eigenvalue weighted by Gasteiger charge is -2.36. The molecule has 1 atom stereocenters. The number of nitrogens with zero attached hydrogens (tertiary/aromatic N) is 5. The van der Waals surface area contributed by atoms with E-state index in [0.29, 0.717) is 26.2 Å². The minimum absolute atomic E-state index is 0.0307. The summed E-state index contributed by atoms with van der Waals surface area (Å²) in [6, 6.07) is 2.93. The highest BCUT2D eigenvalue weighted by molar-refractivity contribution is 6.03. The number of urea groups is 1. The Hall–Kier alpha value is -2.97. The fourth-order valence-corrected chi connectivity index (χ4v) is 3.32. The summed E-state index contributed by atoms with van der Waals surface area (Å²) in [5.74, 6) is 0.281. The van der Waals surface area contributed by atoms with Gasteiger partial charge in [-0.3, -0.25) is 4.99 Å². The van der Waals surface area contributed by atoms with E-state index in [1.165, 1.54) is 6.07 Å². The molecule has 4 rings (SSSR count). The second-order valence-corrected chi connectivity index (χ2v) is 6.76. The van der Waals surface area contributed by atoms with Gasteiger partial charge in [-0.15, -0.1) is 0 Å². The van der Waals surface area contributed by atoms with Crippen molar-refractivity contribution in [3.63, 3.8) is 0 Å². The van der Waals surface area contributed by atoms with Crippen LogP contribution < -0.4 is 5.32 Å². The average molecular weight is 374 g/mol. The highest BCUT2D eigenvalue weighted by Crippen LogP contribution is 2.20. The Morgan fingerprint density at radius 2 is 2.00 bits per heavy atom. The Morgan fingerprint density at radius 1 is 1.22 bits per heavy atom. The Morgan fingerprint density at radius 3 is 2.74 bits per heavy atom. The van der Waals surface area contributed by atoms with Crippen LogP contribution in [0.5, 0.6) is 0 Å². The number of nitrogens with one attached hydrogen (secondary N) is 1. The molecule has 3 heterocycles. The van der Waals surface area contributed by atoms with Crippen LogP contribution in [0.15, 0.2) is 40.1 Å². The molecule has 0 spiro atoms. The van der Waals surface area contributed by atoms with E-state index >= 15 is 0 Å². The van der Waals surface area contributed by atoms with Gasteiger partial charge in [0.15, 0.2) is 0 Å². The van der Waals surface area contributed by atoms with Crippen molar-refractivity contribution in [2.24, 2.45) is 9.98 Å². The zero-order valence-corrected chi connectivity index (χ0v) is 14.9. The lowest BCUT2D eigenvalue weighted by Crippen LogP contribution is -2.50. The number of amidine groups is 1. The largest absolute Gasteiger partial charge is 0.353 e. The monoisotopic (exact) mass is 374 g/mol. The van der Waals surface area contributed by atoms with E-state index in [-0.39, 0.29) is 11.7 Å². The number of hydrogen-bond acceptors (Lipinski definition) is 5. The van der Waals surface area contributed by atoms with Crippen LogP contribution in [-0.4, -0.2) is 71.7 Å². The number of fused-ring (bicyclic) bond motifs is 1. The fourth-order valence-electron chi connectivity index (χ4n) is 3.32. The molecule has 1 aromatic carbocycles. The number of rotatable bonds is 2. The van der Waals surface area contributed by atoms with Crippen LogP contribution in [0.4, 0.5) is 19.3 Å². The zero-order valence-electron chi connectivity index (χ0n) is 14.9. The van der Waals surface area contributed by atoms with Gasteiger partial charge in [-0.25, -0.2) is 18.6 Å². The SMILES string of the molecule is C[C@@H]1CN2C=NC(N3CCN(C(=O)Nc4ccc(F)cc4F)CC3)=CC2=N1. The minimum atomic E-state index is -0.792. The van der Waals surface area contributed by atoms with Crippen LogP contribution in [0, 0.1) is 11.6 Å². The summed E-state index contributed by atoms with van der Waals surface area (Å²) in [6.45, 7) is 5.10. The highest BCUT2D eigenvalue weighted by Gasteiger charge is 2.27. The number of hydrogen-bond donors (Lipinski definition) is 1. The molecule has 0 aromatic heterocycles. The van der Waals surface area contributed by atoms with Gasteiger partial charge >= 0.3 is 6.03 Å². The summed E-state index contributed by atoms with van der Waals surface area (Å²) in [4.78, 5) is 27.1. The van der Waals surface area contributed by atoms with E-state index in [9.17, 15) is 13.6 Å². The average Bonchev–Trinajstić information content (AvgIpc) is 3.03. The van der Waals surface area contributed by atoms with E-state index < -0.39 is 17.7 Å². The molecule has 3 aliphatic rings. The second kappa shape index (κ2) is 6.98. The van der Waals surface area contributed by atoms with Gasteiger partial charge in [0.05, 0.1) is 18.1 Å². The van der Waals surface area contributed by atoms with Crippen LogP contribution >= 0.6 is 0 Å². The Balaban J connectivity index is 1.35. The van der Waals surface area contributed by atoms with Crippen LogP contribution in [0.1, 0.15) is 6.92 Å². The highest BCUT2D eigenvalue weighted by atomic mass is 19.1. The quantitative estimate of drug-likeness (QED) is 0.862. The van der Waals surface area contributed by atoms with Crippen molar-refractivity contribution in [2.75, 3.05) is 38.0 Å². The number of anilines is 1. The normalized spacial score (nSPS) is 21.7. The molecule has 2 amide bonds. The molecule has 0 radical (unpaired) electrons. The molecule has 0 aliphatic carbocycles. The number of piperazine rings is 1. The molecule has 0 bridgehead atoms. The Bertz CT molecular complexity index is 844. The van der Waals surface area contributed by atoms with Crippen molar-refractivity contribution in [1.82, 2.24) is 14.7 Å². The first kappa shape index (κ1) is 17.4. The summed E-state index contributed by atoms with van der Waals surface area (Å²) in [7, 11) is 0. The second-order valence-electron chi connectivity index (χ2n) is 6.76. The molecular weight excluding hydrogens is 354 g/mol. The van der Waals surface area contributed by atoms with Crippen molar-refractivity contribution in [3.8, 4) is 0 Å². The van der Waals surface area contributed by atoms with Gasteiger partial charge in [0.2, 0.25) is 0 Å². The number of aliphatic imine (C=N–C) groups is 2. The number of carbonyl (C=O) groups excluding carboxylic acids is 1. The lowest BCUT2D eigenvalue weighted by molar-refractivity contribution is 0.166. The summed E-state index contributed by atoms with van der Waals surface area (Å²) in [6.07, 6.45) is 3.77. The van der Waals surface area contributed by atoms with Crippen molar-refractivity contribution in [1.29, 1.82) is 0 Å². The van der Waals surface area contributed by atoms with E-state index in [4.69, 9.17) is 0 Å². The van der Waals surface area contributed by atoms with E-state index in [1.54, 1.807) is 11.2 Å². The minimum Gasteiger partial charge on any atom is -0.353 e. The van der Waals surface area contributed by atoms with Crippen molar-refractivity contribution in [3.05, 3.63) is 41.7 Å². The lowest BCUT2D eigenvalue weighted by atomic mass is 10.3. The van der Waals surface area contributed by atoms with Gasteiger partial charge < -0.3 is 20.0 Å². The van der Waals surface area contributed by atoms with Crippen LogP contribution in [-0.2, 0) is 0 Å². The van der Waals surface area contributed by atoms with Crippen LogP contribution in [0.2, 0.25) is 0 Å². The molecule has 1 fully saturated rings. The maximum absolute atomic E-state index is 13.7. The zero-order chi connectivity index (χ0) is 19.0. The molecular formula is C18H20F2N6O. The molecule has 1 saturated heterocycles. The molecule has 9 heteroatoms. The van der Waals surface area contributed by atoms with Gasteiger partial charge in [0.25, 0.3) is 0 Å². The molecule has 7 nitrogen and oxygen atoms in total. The molecule has 0 saturated carbocycles. The Labute approximate surface area is 155 Å². The number of amides is 2. The molecule has 0 unspecified atom stereocenters. The topological polar surface area (TPSA) is 63.5 Å². The van der Waals surface area contributed by atoms with Gasteiger partial charge in [0, 0.05) is 44.9 Å². The number of halogens is 2. The van der Waals surface area contributed by atoms with Gasteiger partial charge in [-0.1, -0.05) is 0 Å². The van der Waals surface area contributed by atoms with Gasteiger partial charge in [0.1, 0.15) is 23.3 Å². The molecule has 27 heavy (non-hydrogen) atoms. The summed E-state index contributed by atoms with van der Waals surface area (Å²) < 4.78 is 26.7. The summed E-state index contributed by atoms with van der Waals surface area (Å²) in [5, 5.41) is 2.49. The Kier molecular flexibility index (Phi) is 4.51. The van der Waals surface area contributed by atoms with Gasteiger partial charge in [-0.2, -0.15) is 0 Å². The van der Waals surface area contributed by atoms with Crippen LogP contribution in [0.25, 0.3) is 0 Å². The molecule has 142 valence electrons. The third-order valence-corrected chi connectivity index (χ3v) is 4.76. The third kappa shape index (κ3) is 3.62. The van der Waals surface area contributed by atoms with Gasteiger partial charge in [-0.05, 0) is 19.1 Å². The first-order valence-electron chi connectivity index (χ1n) is 8.86. The fraction of sp³-hybridized carbons (Fsp3) is 0.389. The standard InChI is InChI=1S/C18H20F2N6O/c1-12-10-26-11-21-16(9-17(26)22-12)24-4-6-25(7-5-24)18(27)23-15-3-2-13(19)8-14(15)20/h2-3,8-9,11-12H,4-7,10H2,1H3,(H,23,27)/t12-/m1/s1. The predicted octanol–water partition coefficient (Wildman–Crippen LogP) is 2.10. The van der Waals surface area contributed by atoms with Crippen molar-refractivity contribution in [2.45, 2.75) is 13.0 Å². The van der Waals surface area contributed by atoms with E-state index in [0.717, 1.165) is 30.3 Å². The van der Waals surface area contributed by atoms with E-state index in [2.05, 4.69) is 27.1 Å². The molecule has 1 aromatic rings. The number of carbonyl (C=O) groups is 1. The van der Waals surface area contributed by atoms with Crippen molar-refractivity contribution < 1.29 is 13.6 Å². The van der Waals surface area contributed by atoms with E-state index in [1.807, 2.05) is 11.0 Å². The molecule has 1 N–H and O–H groups in total. The first-order valence-corrected chi connectivity index (χ1v) is 8.86. The maximum atomic E-state index is 13.7. The van der Waals surface area contributed by atoms with Crippen LogP contribution in [0.3, 0.4) is 0 Å². The maximum Gasteiger partial charge on any atom is 0.322 e. The summed E-state index contributed by atoms with van der Waals surface area (Å²) in [5.41, 5.74) is -0.0307. The third-order valence-electron chi connectivity index (χ3n) is 4.76. The number of benzene rings is 1. The summed E-state index contributed by atoms with van der Waals surface area (Å²) >= 11 is 0.